The molecule has 0 bridgehead atoms. The second-order valence-electron chi connectivity index (χ2n) is 4.15. The molecule has 0 aliphatic heterocycles. The van der Waals surface area contributed by atoms with Crippen molar-refractivity contribution in [3.63, 3.8) is 0 Å². The minimum absolute atomic E-state index is 0.0815. The Morgan fingerprint density at radius 3 is 0.810 bits per heavy atom. The first-order chi connectivity index (χ1) is 8.71. The molecule has 0 amide bonds. The standard InChI is InChI=1S/C4H14O13P4/c1-3(18(5,6)7,19(8,9)10)17-4(2,20(11,12)13)21(14,15)16/h1-2H3,(H2,5,6,7)(H2,8,9,10)(H2,11,12,13)(H2,14,15,16). The fraction of sp³-hybridized carbons (Fsp3) is 1.00. The summed E-state index contributed by atoms with van der Waals surface area (Å²) in [6.45, 7) is 0.163. The Morgan fingerprint density at radius 1 is 0.571 bits per heavy atom. The van der Waals surface area contributed by atoms with E-state index in [1.54, 1.807) is 0 Å². The van der Waals surface area contributed by atoms with Gasteiger partial charge in [0.25, 0.3) is 10.2 Å². The third kappa shape index (κ3) is 3.91. The second-order valence-corrected chi connectivity index (χ2v) is 12.6. The molecule has 0 aliphatic rings. The van der Waals surface area contributed by atoms with Gasteiger partial charge in [-0.05, 0) is 13.8 Å². The lowest BCUT2D eigenvalue weighted by Crippen LogP contribution is -2.40. The normalized spacial score (nSPS) is 16.1. The predicted molar refractivity (Wildman–Crippen MR) is 66.1 cm³/mol. The van der Waals surface area contributed by atoms with Gasteiger partial charge in [-0.2, -0.15) is 0 Å². The Morgan fingerprint density at radius 2 is 0.714 bits per heavy atom. The van der Waals surface area contributed by atoms with Gasteiger partial charge in [-0.25, -0.2) is 0 Å². The Labute approximate surface area is 117 Å². The zero-order chi connectivity index (χ0) is 17.7. The van der Waals surface area contributed by atoms with Crippen LogP contribution in [-0.4, -0.2) is 49.3 Å². The first-order valence-electron chi connectivity index (χ1n) is 4.63. The summed E-state index contributed by atoms with van der Waals surface area (Å²) in [6, 6.07) is 0. The van der Waals surface area contributed by atoms with Gasteiger partial charge in [0.15, 0.2) is 0 Å². The molecule has 0 aromatic rings. The van der Waals surface area contributed by atoms with E-state index in [4.69, 9.17) is 39.1 Å². The summed E-state index contributed by atoms with van der Waals surface area (Å²) >= 11 is 0. The monoisotopic (exact) mass is 394 g/mol. The van der Waals surface area contributed by atoms with Crippen molar-refractivity contribution >= 4 is 30.4 Å². The van der Waals surface area contributed by atoms with Crippen LogP contribution in [0.4, 0.5) is 0 Å². The van der Waals surface area contributed by atoms with Gasteiger partial charge in [0.05, 0.1) is 0 Å². The molecule has 13 nitrogen and oxygen atoms in total. The van der Waals surface area contributed by atoms with Crippen LogP contribution in [0.15, 0.2) is 0 Å². The molecule has 0 aromatic carbocycles. The molecular weight excluding hydrogens is 380 g/mol. The van der Waals surface area contributed by atoms with Gasteiger partial charge in [-0.3, -0.25) is 18.3 Å². The molecule has 0 radical (unpaired) electrons. The first kappa shape index (κ1) is 21.6. The van der Waals surface area contributed by atoms with Crippen molar-refractivity contribution in [2.24, 2.45) is 0 Å². The van der Waals surface area contributed by atoms with Crippen LogP contribution in [0.2, 0.25) is 0 Å². The van der Waals surface area contributed by atoms with E-state index in [9.17, 15) is 18.3 Å². The van der Waals surface area contributed by atoms with E-state index >= 15 is 0 Å². The van der Waals surface area contributed by atoms with Gasteiger partial charge in [0, 0.05) is 0 Å². The molecule has 0 spiro atoms. The van der Waals surface area contributed by atoms with Crippen LogP contribution in [0.3, 0.4) is 0 Å². The molecule has 0 aliphatic carbocycles. The van der Waals surface area contributed by atoms with E-state index in [1.807, 2.05) is 0 Å². The minimum atomic E-state index is -5.92. The Kier molecular flexibility index (Phi) is 5.72. The second kappa shape index (κ2) is 5.58. The molecule has 0 rings (SSSR count). The molecule has 0 heterocycles. The summed E-state index contributed by atoms with van der Waals surface area (Å²) in [5.74, 6) is 0. The minimum Gasteiger partial charge on any atom is -0.322 e. The SMILES string of the molecule is CC(OC(C)(P(=O)(O)O)P(=O)(O)O)(P(=O)(O)O)P(=O)(O)O. The van der Waals surface area contributed by atoms with E-state index in [1.165, 1.54) is 0 Å². The van der Waals surface area contributed by atoms with Crippen molar-refractivity contribution in [2.45, 2.75) is 24.0 Å². The number of ether oxygens (including phenoxy) is 1. The summed E-state index contributed by atoms with van der Waals surface area (Å²) in [6.07, 6.45) is 0. The van der Waals surface area contributed by atoms with Crippen LogP contribution in [0.25, 0.3) is 0 Å². The highest BCUT2D eigenvalue weighted by atomic mass is 31.2. The highest BCUT2D eigenvalue weighted by Gasteiger charge is 2.68. The third-order valence-electron chi connectivity index (χ3n) is 2.55. The first-order valence-corrected chi connectivity index (χ1v) is 11.1. The van der Waals surface area contributed by atoms with Crippen LogP contribution in [-0.2, 0) is 23.0 Å². The van der Waals surface area contributed by atoms with Gasteiger partial charge >= 0.3 is 30.4 Å². The summed E-state index contributed by atoms with van der Waals surface area (Å²) < 4.78 is 48.8. The number of rotatable bonds is 6. The van der Waals surface area contributed by atoms with Gasteiger partial charge in [-0.15, -0.1) is 0 Å². The van der Waals surface area contributed by atoms with Crippen molar-refractivity contribution in [3.8, 4) is 0 Å². The summed E-state index contributed by atoms with van der Waals surface area (Å²) in [5.41, 5.74) is 0. The highest BCUT2D eigenvalue weighted by molar-refractivity contribution is 7.73. The van der Waals surface area contributed by atoms with E-state index in [2.05, 4.69) is 4.74 Å². The molecule has 0 saturated heterocycles. The van der Waals surface area contributed by atoms with Gasteiger partial charge in [-0.1, -0.05) is 0 Å². The van der Waals surface area contributed by atoms with E-state index < -0.39 is 40.5 Å². The Balaban J connectivity index is 6.43. The van der Waals surface area contributed by atoms with Gasteiger partial charge in [0.2, 0.25) is 0 Å². The molecule has 21 heavy (non-hydrogen) atoms. The largest absolute Gasteiger partial charge is 0.369 e. The topological polar surface area (TPSA) is 239 Å². The quantitative estimate of drug-likeness (QED) is 0.254. The maximum Gasteiger partial charge on any atom is 0.369 e. The average Bonchev–Trinajstić information content (AvgIpc) is 2.09. The van der Waals surface area contributed by atoms with Gasteiger partial charge in [0.1, 0.15) is 0 Å². The molecular formula is C4H14O13P4. The zero-order valence-corrected chi connectivity index (χ0v) is 14.0. The molecule has 17 heteroatoms. The molecule has 0 atom stereocenters. The van der Waals surface area contributed by atoms with Crippen molar-refractivity contribution in [2.75, 3.05) is 0 Å². The van der Waals surface area contributed by atoms with Crippen molar-refractivity contribution in [1.29, 1.82) is 0 Å². The predicted octanol–water partition coefficient (Wildman–Crippen LogP) is -0.939. The van der Waals surface area contributed by atoms with E-state index in [-0.39, 0.29) is 13.8 Å². The molecule has 0 aromatic heterocycles. The van der Waals surface area contributed by atoms with Crippen LogP contribution in [0, 0.1) is 0 Å². The molecule has 0 fully saturated rings. The van der Waals surface area contributed by atoms with Crippen molar-refractivity contribution < 1.29 is 62.1 Å². The third-order valence-corrected chi connectivity index (χ3v) is 10.4. The number of hydrogen-bond acceptors (Lipinski definition) is 5. The van der Waals surface area contributed by atoms with Crippen LogP contribution in [0.1, 0.15) is 13.8 Å². The Hall–Kier alpha value is 0.560. The van der Waals surface area contributed by atoms with Crippen LogP contribution in [0.5, 0.6) is 0 Å². The lowest BCUT2D eigenvalue weighted by atomic mass is 10.7. The fourth-order valence-electron chi connectivity index (χ4n) is 0.944. The highest BCUT2D eigenvalue weighted by Crippen LogP contribution is 2.77. The fourth-order valence-corrected chi connectivity index (χ4v) is 5.15. The smallest absolute Gasteiger partial charge is 0.322 e. The summed E-state index contributed by atoms with van der Waals surface area (Å²) in [5, 5.41) is -7.76. The van der Waals surface area contributed by atoms with Crippen molar-refractivity contribution in [1.82, 2.24) is 0 Å². The van der Waals surface area contributed by atoms with Crippen LogP contribution >= 0.6 is 30.4 Å². The molecule has 0 saturated carbocycles. The maximum atomic E-state index is 11.2. The zero-order valence-electron chi connectivity index (χ0n) is 10.4. The van der Waals surface area contributed by atoms with Gasteiger partial charge < -0.3 is 43.9 Å². The summed E-state index contributed by atoms with van der Waals surface area (Å²) in [7, 11) is -23.7. The maximum absolute atomic E-state index is 11.2. The molecule has 0 unspecified atom stereocenters. The average molecular weight is 394 g/mol. The van der Waals surface area contributed by atoms with E-state index in [0.29, 0.717) is 0 Å². The molecule has 128 valence electrons. The number of hydrogen-bond donors (Lipinski definition) is 8. The lowest BCUT2D eigenvalue weighted by Gasteiger charge is -2.39. The molecule has 8 N–H and O–H groups in total. The summed E-state index contributed by atoms with van der Waals surface area (Å²) in [4.78, 5) is 71.6. The lowest BCUT2D eigenvalue weighted by molar-refractivity contribution is -0.0109. The Bertz CT molecular complexity index is 487. The van der Waals surface area contributed by atoms with Crippen molar-refractivity contribution in [3.05, 3.63) is 0 Å². The van der Waals surface area contributed by atoms with E-state index in [0.717, 1.165) is 0 Å². The van der Waals surface area contributed by atoms with Crippen LogP contribution < -0.4 is 0 Å².